The van der Waals surface area contributed by atoms with Crippen LogP contribution >= 0.6 is 11.3 Å². The zero-order valence-corrected chi connectivity index (χ0v) is 21.6. The molecule has 6 heteroatoms. The van der Waals surface area contributed by atoms with Crippen molar-refractivity contribution in [1.82, 2.24) is 14.7 Å². The van der Waals surface area contributed by atoms with Crippen LogP contribution in [0, 0.1) is 0 Å². The molecule has 0 radical (unpaired) electrons. The Labute approximate surface area is 208 Å². The first kappa shape index (κ1) is 24.9. The smallest absolute Gasteiger partial charge is 0.223 e. The Balaban J connectivity index is 1.31. The number of hydrogen-bond donors (Lipinski definition) is 0. The minimum Gasteiger partial charge on any atom is -0.339 e. The van der Waals surface area contributed by atoms with Gasteiger partial charge in [-0.1, -0.05) is 56.5 Å². The van der Waals surface area contributed by atoms with E-state index in [9.17, 15) is 9.59 Å². The molecule has 2 amide bonds. The molecule has 2 aliphatic heterocycles. The third kappa shape index (κ3) is 5.89. The fraction of sp³-hybridized carbons (Fsp3) is 0.571. The molecule has 0 bridgehead atoms. The van der Waals surface area contributed by atoms with Crippen molar-refractivity contribution >= 4 is 23.2 Å². The summed E-state index contributed by atoms with van der Waals surface area (Å²) in [5.74, 6) is 0.464. The van der Waals surface area contributed by atoms with Crippen molar-refractivity contribution in [1.29, 1.82) is 0 Å². The Kier molecular flexibility index (Phi) is 8.79. The first-order valence-corrected chi connectivity index (χ1v) is 13.9. The van der Waals surface area contributed by atoms with E-state index in [0.29, 0.717) is 32.5 Å². The van der Waals surface area contributed by atoms with E-state index in [-0.39, 0.29) is 23.9 Å². The number of unbranched alkanes of at least 4 members (excludes halogenated alkanes) is 3. The molecule has 184 valence electrons. The molecule has 5 nitrogen and oxygen atoms in total. The summed E-state index contributed by atoms with van der Waals surface area (Å²) in [6.45, 7) is 7.98. The van der Waals surface area contributed by atoms with Gasteiger partial charge in [0.1, 0.15) is 0 Å². The summed E-state index contributed by atoms with van der Waals surface area (Å²) < 4.78 is 0. The Bertz CT molecular complexity index is 944. The molecule has 0 saturated carbocycles. The van der Waals surface area contributed by atoms with Gasteiger partial charge >= 0.3 is 0 Å². The monoisotopic (exact) mass is 481 g/mol. The second kappa shape index (κ2) is 12.0. The zero-order valence-electron chi connectivity index (χ0n) is 20.7. The van der Waals surface area contributed by atoms with E-state index < -0.39 is 0 Å². The third-order valence-corrected chi connectivity index (χ3v) is 8.34. The first-order valence-electron chi connectivity index (χ1n) is 13.0. The molecule has 1 saturated heterocycles. The summed E-state index contributed by atoms with van der Waals surface area (Å²) in [5, 5.41) is 2.20. The maximum absolute atomic E-state index is 13.1. The summed E-state index contributed by atoms with van der Waals surface area (Å²) in [6, 6.07) is 13.2. The average Bonchev–Trinajstić information content (AvgIpc) is 3.34. The van der Waals surface area contributed by atoms with Gasteiger partial charge in [-0.2, -0.15) is 0 Å². The largest absolute Gasteiger partial charge is 0.339 e. The van der Waals surface area contributed by atoms with Gasteiger partial charge in [0.15, 0.2) is 0 Å². The second-order valence-corrected chi connectivity index (χ2v) is 10.7. The lowest BCUT2D eigenvalue weighted by molar-refractivity contribution is -0.142. The van der Waals surface area contributed by atoms with Gasteiger partial charge in [-0.15, -0.1) is 11.3 Å². The van der Waals surface area contributed by atoms with E-state index in [2.05, 4.69) is 60.5 Å². The lowest BCUT2D eigenvalue weighted by Crippen LogP contribution is -2.55. The highest BCUT2D eigenvalue weighted by atomic mass is 32.1. The van der Waals surface area contributed by atoms with Gasteiger partial charge in [-0.3, -0.25) is 14.5 Å². The Morgan fingerprint density at radius 3 is 2.56 bits per heavy atom. The van der Waals surface area contributed by atoms with Crippen LogP contribution in [0.15, 0.2) is 41.8 Å². The van der Waals surface area contributed by atoms with Crippen molar-refractivity contribution in [3.05, 3.63) is 57.8 Å². The molecule has 0 spiro atoms. The normalized spacial score (nSPS) is 20.9. The summed E-state index contributed by atoms with van der Waals surface area (Å²) in [4.78, 5) is 33.7. The highest BCUT2D eigenvalue weighted by molar-refractivity contribution is 7.10. The number of amides is 2. The van der Waals surface area contributed by atoms with Crippen LogP contribution in [0.1, 0.15) is 74.4 Å². The molecular formula is C28H39N3O2S. The molecule has 34 heavy (non-hydrogen) atoms. The highest BCUT2D eigenvalue weighted by Crippen LogP contribution is 2.37. The van der Waals surface area contributed by atoms with Gasteiger partial charge in [0.2, 0.25) is 11.8 Å². The molecule has 0 aliphatic carbocycles. The average molecular weight is 482 g/mol. The molecule has 1 fully saturated rings. The summed E-state index contributed by atoms with van der Waals surface area (Å²) in [5.41, 5.74) is 2.70. The zero-order chi connectivity index (χ0) is 23.9. The number of benzene rings is 1. The summed E-state index contributed by atoms with van der Waals surface area (Å²) >= 11 is 1.85. The van der Waals surface area contributed by atoms with Crippen molar-refractivity contribution in [2.24, 2.45) is 0 Å². The minimum absolute atomic E-state index is 0.0943. The highest BCUT2D eigenvalue weighted by Gasteiger charge is 2.32. The molecule has 3 heterocycles. The van der Waals surface area contributed by atoms with Gasteiger partial charge < -0.3 is 9.80 Å². The summed E-state index contributed by atoms with van der Waals surface area (Å²) in [7, 11) is 0. The number of rotatable bonds is 9. The Hall–Kier alpha value is -2.18. The standard InChI is InChI=1S/C28H39N3O2S/c1-3-4-5-9-12-27(33)31-19-18-30(21-22(31)2)26(32)14-17-29-16-13-25-24(15-20-34-25)28(29)23-10-7-6-8-11-23/h6-8,10-11,15,20,22,28H,3-5,9,12-14,16-19,21H2,1-2H3/t22-,28-/m1/s1. The number of hydrogen-bond acceptors (Lipinski definition) is 4. The van der Waals surface area contributed by atoms with Crippen LogP contribution in [-0.2, 0) is 16.0 Å². The van der Waals surface area contributed by atoms with Gasteiger partial charge in [0, 0.05) is 56.5 Å². The fourth-order valence-corrected chi connectivity index (χ4v) is 6.34. The Morgan fingerprint density at radius 1 is 0.971 bits per heavy atom. The van der Waals surface area contributed by atoms with E-state index in [1.165, 1.54) is 28.8 Å². The molecular weight excluding hydrogens is 442 g/mol. The fourth-order valence-electron chi connectivity index (χ4n) is 5.43. The van der Waals surface area contributed by atoms with Crippen LogP contribution in [0.2, 0.25) is 0 Å². The number of piperazine rings is 1. The molecule has 2 atom stereocenters. The Morgan fingerprint density at radius 2 is 1.79 bits per heavy atom. The number of carbonyl (C=O) groups excluding carboxylic acids is 2. The SMILES string of the molecule is CCCCCCC(=O)N1CCN(C(=O)CCN2CCc3sccc3[C@H]2c2ccccc2)C[C@H]1C. The predicted molar refractivity (Wildman–Crippen MR) is 139 cm³/mol. The summed E-state index contributed by atoms with van der Waals surface area (Å²) in [6.07, 6.45) is 6.70. The second-order valence-electron chi connectivity index (χ2n) is 9.73. The van der Waals surface area contributed by atoms with Crippen molar-refractivity contribution in [3.8, 4) is 0 Å². The molecule has 0 N–H and O–H groups in total. The van der Waals surface area contributed by atoms with E-state index in [0.717, 1.165) is 32.4 Å². The van der Waals surface area contributed by atoms with Crippen LogP contribution in [0.25, 0.3) is 0 Å². The molecule has 1 aromatic heterocycles. The quantitative estimate of drug-likeness (QED) is 0.467. The molecule has 2 aliphatic rings. The number of thiophene rings is 1. The van der Waals surface area contributed by atoms with Gasteiger partial charge in [-0.05, 0) is 42.3 Å². The molecule has 4 rings (SSSR count). The van der Waals surface area contributed by atoms with Crippen molar-refractivity contribution in [2.75, 3.05) is 32.7 Å². The number of fused-ring (bicyclic) bond motifs is 1. The molecule has 0 unspecified atom stereocenters. The number of carbonyl (C=O) groups is 2. The van der Waals surface area contributed by atoms with Crippen LogP contribution in [0.3, 0.4) is 0 Å². The van der Waals surface area contributed by atoms with Crippen molar-refractivity contribution < 1.29 is 9.59 Å². The third-order valence-electron chi connectivity index (χ3n) is 7.34. The van der Waals surface area contributed by atoms with Gasteiger partial charge in [-0.25, -0.2) is 0 Å². The van der Waals surface area contributed by atoms with E-state index in [1.54, 1.807) is 0 Å². The molecule has 2 aromatic rings. The van der Waals surface area contributed by atoms with Crippen LogP contribution < -0.4 is 0 Å². The maximum atomic E-state index is 13.1. The van der Waals surface area contributed by atoms with Crippen LogP contribution in [0.4, 0.5) is 0 Å². The lowest BCUT2D eigenvalue weighted by Gasteiger charge is -2.41. The lowest BCUT2D eigenvalue weighted by atomic mass is 9.93. The van der Waals surface area contributed by atoms with E-state index in [4.69, 9.17) is 0 Å². The van der Waals surface area contributed by atoms with E-state index in [1.807, 2.05) is 21.1 Å². The van der Waals surface area contributed by atoms with E-state index >= 15 is 0 Å². The minimum atomic E-state index is 0.0943. The predicted octanol–water partition coefficient (Wildman–Crippen LogP) is 5.12. The van der Waals surface area contributed by atoms with Crippen molar-refractivity contribution in [3.63, 3.8) is 0 Å². The van der Waals surface area contributed by atoms with Gasteiger partial charge in [0.05, 0.1) is 6.04 Å². The molecule has 1 aromatic carbocycles. The maximum Gasteiger partial charge on any atom is 0.223 e. The van der Waals surface area contributed by atoms with Crippen molar-refractivity contribution in [2.45, 2.75) is 70.9 Å². The van der Waals surface area contributed by atoms with Crippen LogP contribution in [-0.4, -0.2) is 65.3 Å². The topological polar surface area (TPSA) is 43.9 Å². The number of nitrogens with zero attached hydrogens (tertiary/aromatic N) is 3. The first-order chi connectivity index (χ1) is 16.6. The van der Waals surface area contributed by atoms with Crippen LogP contribution in [0.5, 0.6) is 0 Å². The van der Waals surface area contributed by atoms with Gasteiger partial charge in [0.25, 0.3) is 0 Å².